The molecule has 1 aromatic carbocycles. The number of halogens is 3. The SMILES string of the molecule is O=C1CCCc2c1cc(C(=O)NCCC1=CCCCC1)c(=O)n2-c1ccc(C(F)(F)F)cc1. The van der Waals surface area contributed by atoms with E-state index in [0.717, 1.165) is 31.4 Å². The standard InChI is InChI=1S/C25H25F3N2O3/c26-25(27,28)17-9-11-18(12-10-17)30-21-7-4-8-22(31)19(21)15-20(24(30)33)23(32)29-14-13-16-5-2-1-3-6-16/h5,9-12,15H,1-4,6-8,13-14H2,(H,29,32). The van der Waals surface area contributed by atoms with Gasteiger partial charge in [0.15, 0.2) is 5.78 Å². The molecule has 174 valence electrons. The van der Waals surface area contributed by atoms with Crippen molar-refractivity contribution < 1.29 is 22.8 Å². The molecule has 0 aliphatic heterocycles. The van der Waals surface area contributed by atoms with Crippen molar-refractivity contribution in [3.8, 4) is 5.69 Å². The molecule has 2 aliphatic rings. The monoisotopic (exact) mass is 458 g/mol. The Morgan fingerprint density at radius 1 is 1.00 bits per heavy atom. The maximum absolute atomic E-state index is 13.3. The van der Waals surface area contributed by atoms with Gasteiger partial charge in [-0.25, -0.2) is 0 Å². The maximum atomic E-state index is 13.3. The Bertz CT molecular complexity index is 1160. The number of carbonyl (C=O) groups excluding carboxylic acids is 2. The Labute approximate surface area is 189 Å². The quantitative estimate of drug-likeness (QED) is 0.642. The zero-order valence-electron chi connectivity index (χ0n) is 18.1. The first-order chi connectivity index (χ1) is 15.8. The van der Waals surface area contributed by atoms with Crippen molar-refractivity contribution in [1.82, 2.24) is 9.88 Å². The number of alkyl halides is 3. The minimum atomic E-state index is -4.51. The average molecular weight is 458 g/mol. The van der Waals surface area contributed by atoms with Crippen molar-refractivity contribution in [2.45, 2.75) is 57.5 Å². The summed E-state index contributed by atoms with van der Waals surface area (Å²) in [7, 11) is 0. The fraction of sp³-hybridized carbons (Fsp3) is 0.400. The number of carbonyl (C=O) groups is 2. The third-order valence-corrected chi connectivity index (χ3v) is 6.23. The van der Waals surface area contributed by atoms with E-state index in [-0.39, 0.29) is 22.6 Å². The molecule has 5 nitrogen and oxygen atoms in total. The second-order valence-corrected chi connectivity index (χ2v) is 8.49. The summed E-state index contributed by atoms with van der Waals surface area (Å²) in [6.07, 6.45) is 3.97. The lowest BCUT2D eigenvalue weighted by molar-refractivity contribution is -0.137. The first-order valence-electron chi connectivity index (χ1n) is 11.2. The molecule has 0 bridgehead atoms. The lowest BCUT2D eigenvalue weighted by Gasteiger charge is -2.22. The maximum Gasteiger partial charge on any atom is 0.416 e. The molecule has 0 unspecified atom stereocenters. The van der Waals surface area contributed by atoms with Crippen molar-refractivity contribution in [3.63, 3.8) is 0 Å². The van der Waals surface area contributed by atoms with Gasteiger partial charge in [-0.05, 0) is 75.3 Å². The van der Waals surface area contributed by atoms with E-state index in [9.17, 15) is 27.6 Å². The number of fused-ring (bicyclic) bond motifs is 1. The number of nitrogens with zero attached hydrogens (tertiary/aromatic N) is 1. The number of amides is 1. The summed E-state index contributed by atoms with van der Waals surface area (Å²) in [6, 6.07) is 5.52. The number of allylic oxidation sites excluding steroid dienone is 1. The first-order valence-corrected chi connectivity index (χ1v) is 11.2. The lowest BCUT2D eigenvalue weighted by atomic mass is 9.92. The molecule has 0 saturated carbocycles. The first kappa shape index (κ1) is 23.0. The summed E-state index contributed by atoms with van der Waals surface area (Å²) in [5.74, 6) is -0.767. The molecule has 0 saturated heterocycles. The smallest absolute Gasteiger partial charge is 0.352 e. The lowest BCUT2D eigenvalue weighted by Crippen LogP contribution is -2.36. The number of rotatable bonds is 5. The van der Waals surface area contributed by atoms with Crippen molar-refractivity contribution in [2.24, 2.45) is 0 Å². The van der Waals surface area contributed by atoms with Gasteiger partial charge in [0.05, 0.1) is 5.56 Å². The molecule has 1 N–H and O–H groups in total. The zero-order chi connectivity index (χ0) is 23.6. The van der Waals surface area contributed by atoms with E-state index in [0.29, 0.717) is 37.9 Å². The van der Waals surface area contributed by atoms with E-state index in [1.54, 1.807) is 0 Å². The van der Waals surface area contributed by atoms with E-state index < -0.39 is 23.2 Å². The third-order valence-electron chi connectivity index (χ3n) is 6.23. The van der Waals surface area contributed by atoms with Gasteiger partial charge in [0.1, 0.15) is 5.56 Å². The van der Waals surface area contributed by atoms with Gasteiger partial charge in [-0.3, -0.25) is 19.0 Å². The minimum Gasteiger partial charge on any atom is -0.352 e. The number of pyridine rings is 1. The summed E-state index contributed by atoms with van der Waals surface area (Å²) in [4.78, 5) is 38.7. The normalized spacial score (nSPS) is 16.2. The molecule has 0 fully saturated rings. The Balaban J connectivity index is 1.68. The van der Waals surface area contributed by atoms with Gasteiger partial charge in [0.2, 0.25) is 0 Å². The molecule has 8 heteroatoms. The molecular weight excluding hydrogens is 433 g/mol. The van der Waals surface area contributed by atoms with Crippen molar-refractivity contribution in [3.05, 3.63) is 74.7 Å². The van der Waals surface area contributed by atoms with E-state index in [1.807, 2.05) is 0 Å². The highest BCUT2D eigenvalue weighted by molar-refractivity contribution is 6.01. The summed E-state index contributed by atoms with van der Waals surface area (Å²) in [5.41, 5.74) is 0.528. The summed E-state index contributed by atoms with van der Waals surface area (Å²) < 4.78 is 40.1. The van der Waals surface area contributed by atoms with Gasteiger partial charge in [0.25, 0.3) is 11.5 Å². The predicted octanol–water partition coefficient (Wildman–Crippen LogP) is 5.00. The number of nitrogens with one attached hydrogen (secondary N) is 1. The molecule has 0 radical (unpaired) electrons. The van der Waals surface area contributed by atoms with Gasteiger partial charge in [-0.15, -0.1) is 0 Å². The fourth-order valence-corrected chi connectivity index (χ4v) is 4.49. The van der Waals surface area contributed by atoms with Crippen LogP contribution in [0, 0.1) is 0 Å². The van der Waals surface area contributed by atoms with Crippen LogP contribution in [0.15, 0.2) is 46.8 Å². The van der Waals surface area contributed by atoms with Crippen LogP contribution in [0.2, 0.25) is 0 Å². The molecule has 0 atom stereocenters. The van der Waals surface area contributed by atoms with Gasteiger partial charge in [0, 0.05) is 29.9 Å². The molecule has 2 aliphatic carbocycles. The highest BCUT2D eigenvalue weighted by atomic mass is 19.4. The fourth-order valence-electron chi connectivity index (χ4n) is 4.49. The average Bonchev–Trinajstić information content (AvgIpc) is 2.79. The van der Waals surface area contributed by atoms with Crippen LogP contribution < -0.4 is 10.9 Å². The minimum absolute atomic E-state index is 0.179. The van der Waals surface area contributed by atoms with E-state index in [4.69, 9.17) is 0 Å². The van der Waals surface area contributed by atoms with Crippen LogP contribution >= 0.6 is 0 Å². The van der Waals surface area contributed by atoms with Crippen LogP contribution in [0.5, 0.6) is 0 Å². The van der Waals surface area contributed by atoms with Crippen LogP contribution in [0.3, 0.4) is 0 Å². The molecule has 2 aromatic rings. The zero-order valence-corrected chi connectivity index (χ0v) is 18.1. The van der Waals surface area contributed by atoms with Crippen LogP contribution in [0.4, 0.5) is 13.2 Å². The Hall–Kier alpha value is -3.16. The highest BCUT2D eigenvalue weighted by Gasteiger charge is 2.31. The number of aromatic nitrogens is 1. The summed E-state index contributed by atoms with van der Waals surface area (Å²) in [6.45, 7) is 0.370. The molecule has 33 heavy (non-hydrogen) atoms. The molecule has 1 amide bonds. The van der Waals surface area contributed by atoms with Crippen molar-refractivity contribution >= 4 is 11.7 Å². The number of Topliss-reactive ketones (excluding diaryl/α,β-unsaturated/α-hetero) is 1. The number of hydrogen-bond donors (Lipinski definition) is 1. The topological polar surface area (TPSA) is 68.2 Å². The second-order valence-electron chi connectivity index (χ2n) is 8.49. The number of benzene rings is 1. The van der Waals surface area contributed by atoms with Crippen molar-refractivity contribution in [1.29, 1.82) is 0 Å². The van der Waals surface area contributed by atoms with E-state index in [1.165, 1.54) is 34.8 Å². The molecule has 1 heterocycles. The van der Waals surface area contributed by atoms with Gasteiger partial charge >= 0.3 is 6.18 Å². The Morgan fingerprint density at radius 3 is 2.42 bits per heavy atom. The van der Waals surface area contributed by atoms with Crippen molar-refractivity contribution in [2.75, 3.05) is 6.54 Å². The second kappa shape index (κ2) is 9.37. The summed E-state index contributed by atoms with van der Waals surface area (Å²) in [5, 5.41) is 2.76. The number of hydrogen-bond acceptors (Lipinski definition) is 3. The largest absolute Gasteiger partial charge is 0.416 e. The summed E-state index contributed by atoms with van der Waals surface area (Å²) >= 11 is 0. The third kappa shape index (κ3) is 4.94. The number of ketones is 1. The van der Waals surface area contributed by atoms with Crippen LogP contribution in [-0.4, -0.2) is 22.8 Å². The highest BCUT2D eigenvalue weighted by Crippen LogP contribution is 2.30. The van der Waals surface area contributed by atoms with E-state index >= 15 is 0 Å². The van der Waals surface area contributed by atoms with Crippen LogP contribution in [0.1, 0.15) is 76.9 Å². The van der Waals surface area contributed by atoms with Gasteiger partial charge in [-0.2, -0.15) is 13.2 Å². The molecule has 0 spiro atoms. The van der Waals surface area contributed by atoms with Gasteiger partial charge < -0.3 is 5.32 Å². The molecule has 4 rings (SSSR count). The van der Waals surface area contributed by atoms with E-state index in [2.05, 4.69) is 11.4 Å². The molecule has 1 aromatic heterocycles. The molecular formula is C25H25F3N2O3. The Kier molecular flexibility index (Phi) is 6.54. The van der Waals surface area contributed by atoms with Crippen LogP contribution in [0.25, 0.3) is 5.69 Å². The van der Waals surface area contributed by atoms with Crippen LogP contribution in [-0.2, 0) is 12.6 Å². The predicted molar refractivity (Wildman–Crippen MR) is 118 cm³/mol. The Morgan fingerprint density at radius 2 is 1.76 bits per heavy atom. The van der Waals surface area contributed by atoms with Gasteiger partial charge in [-0.1, -0.05) is 11.6 Å².